The van der Waals surface area contributed by atoms with Crippen LogP contribution >= 0.6 is 11.3 Å². The van der Waals surface area contributed by atoms with Gasteiger partial charge in [-0.05, 0) is 55.5 Å². The molecular formula is C28H26F4N6O2S. The highest BCUT2D eigenvalue weighted by molar-refractivity contribution is 7.22. The zero-order chi connectivity index (χ0) is 28.3. The highest BCUT2D eigenvalue weighted by Gasteiger charge is 2.33. The second kappa shape index (κ2) is 10.1. The molecule has 5 heterocycles. The minimum atomic E-state index is -4.66. The van der Waals surface area contributed by atoms with Crippen molar-refractivity contribution < 1.29 is 27.0 Å². The molecule has 2 unspecified atom stereocenters. The molecule has 41 heavy (non-hydrogen) atoms. The predicted molar refractivity (Wildman–Crippen MR) is 145 cm³/mol. The lowest BCUT2D eigenvalue weighted by atomic mass is 10.0. The maximum atomic E-state index is 15.3. The molecule has 0 bridgehead atoms. The zero-order valence-electron chi connectivity index (χ0n) is 22.1. The van der Waals surface area contributed by atoms with Gasteiger partial charge < -0.3 is 14.4 Å². The first-order chi connectivity index (χ1) is 19.8. The highest BCUT2D eigenvalue weighted by atomic mass is 32.1. The minimum Gasteiger partial charge on any atom is -0.380 e. The molecule has 1 saturated carbocycles. The number of anilines is 1. The van der Waals surface area contributed by atoms with Gasteiger partial charge in [0.1, 0.15) is 16.6 Å². The molecule has 3 aromatic heterocycles. The van der Waals surface area contributed by atoms with Gasteiger partial charge in [-0.3, -0.25) is 4.68 Å². The molecule has 1 aromatic carbocycles. The molecule has 8 nitrogen and oxygen atoms in total. The first-order valence-corrected chi connectivity index (χ1v) is 14.3. The van der Waals surface area contributed by atoms with E-state index in [-0.39, 0.29) is 23.5 Å². The molecular weight excluding hydrogens is 560 g/mol. The van der Waals surface area contributed by atoms with Gasteiger partial charge >= 0.3 is 6.18 Å². The van der Waals surface area contributed by atoms with Crippen LogP contribution in [0.3, 0.4) is 0 Å². The maximum absolute atomic E-state index is 15.3. The molecule has 0 radical (unpaired) electrons. The lowest BCUT2D eigenvalue weighted by Gasteiger charge is -2.21. The number of hydrogen-bond acceptors (Lipinski definition) is 8. The van der Waals surface area contributed by atoms with E-state index in [4.69, 9.17) is 24.4 Å². The van der Waals surface area contributed by atoms with Crippen molar-refractivity contribution in [2.24, 2.45) is 0 Å². The third-order valence-corrected chi connectivity index (χ3v) is 8.83. The highest BCUT2D eigenvalue weighted by Crippen LogP contribution is 2.41. The zero-order valence-corrected chi connectivity index (χ0v) is 22.9. The molecule has 2 fully saturated rings. The summed E-state index contributed by atoms with van der Waals surface area (Å²) in [5.74, 6) is -0.657. The predicted octanol–water partition coefficient (Wildman–Crippen LogP) is 6.21. The molecule has 4 aromatic rings. The van der Waals surface area contributed by atoms with Crippen molar-refractivity contribution in [3.63, 3.8) is 0 Å². The van der Waals surface area contributed by atoms with Crippen LogP contribution in [0.5, 0.6) is 0 Å². The van der Waals surface area contributed by atoms with Crippen molar-refractivity contribution in [3.8, 4) is 11.3 Å². The van der Waals surface area contributed by atoms with E-state index in [9.17, 15) is 13.2 Å². The number of hydrogen-bond donors (Lipinski definition) is 0. The van der Waals surface area contributed by atoms with Gasteiger partial charge in [-0.1, -0.05) is 11.3 Å². The van der Waals surface area contributed by atoms with Gasteiger partial charge in [-0.15, -0.1) is 0 Å². The third-order valence-electron chi connectivity index (χ3n) is 7.72. The number of nitrogens with zero attached hydrogens (tertiary/aromatic N) is 6. The van der Waals surface area contributed by atoms with Gasteiger partial charge in [0, 0.05) is 37.5 Å². The van der Waals surface area contributed by atoms with E-state index in [0.717, 1.165) is 49.1 Å². The number of ether oxygens (including phenoxy) is 2. The summed E-state index contributed by atoms with van der Waals surface area (Å²) in [5.41, 5.74) is 1.21. The van der Waals surface area contributed by atoms with Gasteiger partial charge in [0.2, 0.25) is 0 Å². The number of alkyl halides is 3. The molecule has 0 N–H and O–H groups in total. The summed E-state index contributed by atoms with van der Waals surface area (Å²) in [7, 11) is 1.67. The average Bonchev–Trinajstić information content (AvgIpc) is 3.35. The van der Waals surface area contributed by atoms with Crippen molar-refractivity contribution in [2.75, 3.05) is 31.7 Å². The van der Waals surface area contributed by atoms with Crippen LogP contribution in [0.1, 0.15) is 54.8 Å². The Morgan fingerprint density at radius 1 is 1.12 bits per heavy atom. The number of halogens is 4. The van der Waals surface area contributed by atoms with Gasteiger partial charge in [0.25, 0.3) is 0 Å². The summed E-state index contributed by atoms with van der Waals surface area (Å²) in [6.07, 6.45) is 4.38. The van der Waals surface area contributed by atoms with E-state index in [2.05, 4.69) is 10.00 Å². The van der Waals surface area contributed by atoms with Crippen LogP contribution in [0.25, 0.3) is 27.2 Å². The van der Waals surface area contributed by atoms with Gasteiger partial charge in [-0.2, -0.15) is 23.3 Å². The second-order valence-corrected chi connectivity index (χ2v) is 11.5. The van der Waals surface area contributed by atoms with Gasteiger partial charge in [-0.25, -0.2) is 14.4 Å². The van der Waals surface area contributed by atoms with Crippen LogP contribution in [0.15, 0.2) is 36.7 Å². The first kappa shape index (κ1) is 26.5. The fourth-order valence-corrected chi connectivity index (χ4v) is 6.32. The van der Waals surface area contributed by atoms with Crippen molar-refractivity contribution in [2.45, 2.75) is 50.1 Å². The van der Waals surface area contributed by atoms with Crippen molar-refractivity contribution in [1.29, 1.82) is 0 Å². The molecule has 2 atom stereocenters. The fraction of sp³-hybridized carbons (Fsp3) is 0.429. The van der Waals surface area contributed by atoms with E-state index in [1.807, 2.05) is 17.0 Å². The van der Waals surface area contributed by atoms with E-state index >= 15 is 4.39 Å². The summed E-state index contributed by atoms with van der Waals surface area (Å²) in [5, 5.41) is 5.15. The number of methoxy groups -OCH3 is 1. The number of benzene rings is 1. The minimum absolute atomic E-state index is 0.0343. The number of aromatic nitrogens is 5. The van der Waals surface area contributed by atoms with Crippen molar-refractivity contribution >= 4 is 32.4 Å². The third kappa shape index (κ3) is 5.10. The summed E-state index contributed by atoms with van der Waals surface area (Å²) in [6, 6.07) is 2.96. The second-order valence-electron chi connectivity index (χ2n) is 10.5. The number of fused-ring (bicyclic) bond motifs is 1. The van der Waals surface area contributed by atoms with E-state index in [1.165, 1.54) is 11.3 Å². The Morgan fingerprint density at radius 2 is 1.98 bits per heavy atom. The molecule has 13 heteroatoms. The van der Waals surface area contributed by atoms with E-state index in [0.29, 0.717) is 53.0 Å². The van der Waals surface area contributed by atoms with E-state index in [1.54, 1.807) is 13.3 Å². The quantitative estimate of drug-likeness (QED) is 0.249. The Bertz CT molecular complexity index is 1650. The average molecular weight is 587 g/mol. The summed E-state index contributed by atoms with van der Waals surface area (Å²) in [4.78, 5) is 16.3. The van der Waals surface area contributed by atoms with Crippen LogP contribution in [0.2, 0.25) is 0 Å². The van der Waals surface area contributed by atoms with Gasteiger partial charge in [0.15, 0.2) is 16.6 Å². The largest absolute Gasteiger partial charge is 0.416 e. The normalized spacial score (nSPS) is 21.6. The topological polar surface area (TPSA) is 78.2 Å². The molecule has 214 valence electrons. The summed E-state index contributed by atoms with van der Waals surface area (Å²) >= 11 is 1.30. The molecule has 2 aliphatic heterocycles. The van der Waals surface area contributed by atoms with Crippen LogP contribution in [0, 0.1) is 5.82 Å². The summed E-state index contributed by atoms with van der Waals surface area (Å²) < 4.78 is 69.1. The van der Waals surface area contributed by atoms with Crippen LogP contribution < -0.4 is 4.90 Å². The molecule has 7 rings (SSSR count). The maximum Gasteiger partial charge on any atom is 0.416 e. The lowest BCUT2D eigenvalue weighted by Crippen LogP contribution is -2.21. The Morgan fingerprint density at radius 3 is 2.71 bits per heavy atom. The van der Waals surface area contributed by atoms with E-state index < -0.39 is 17.6 Å². The van der Waals surface area contributed by atoms with Crippen LogP contribution in [0.4, 0.5) is 22.7 Å². The standard InChI is InChI=1S/C28H26F4N6O2S/c1-39-19-6-8-37(14-19)27-36-26-24(41-27)23(20-5-2-17(11-21(20)29)28(30,31)32)34-25(35-26)15-7-9-40-22(10-15)16-12-33-38(13-16)18-3-4-18/h2,5,10-13,18-19,22H,3-4,6-9,14H2,1H3. The lowest BCUT2D eigenvalue weighted by molar-refractivity contribution is -0.137. The Kier molecular flexibility index (Phi) is 6.55. The molecule has 3 aliphatic rings. The Labute approximate surface area is 236 Å². The molecule has 0 amide bonds. The number of rotatable bonds is 6. The van der Waals surface area contributed by atoms with Crippen LogP contribution in [-0.2, 0) is 15.7 Å². The van der Waals surface area contributed by atoms with Crippen molar-refractivity contribution in [3.05, 3.63) is 59.4 Å². The number of thiazole rings is 1. The Hall–Kier alpha value is -3.42. The van der Waals surface area contributed by atoms with Gasteiger partial charge in [0.05, 0.1) is 36.2 Å². The van der Waals surface area contributed by atoms with Crippen molar-refractivity contribution in [1.82, 2.24) is 24.7 Å². The van der Waals surface area contributed by atoms with Crippen LogP contribution in [-0.4, -0.2) is 57.6 Å². The molecule has 1 aliphatic carbocycles. The smallest absolute Gasteiger partial charge is 0.380 e. The fourth-order valence-electron chi connectivity index (χ4n) is 5.28. The Balaban J connectivity index is 1.32. The monoisotopic (exact) mass is 586 g/mol. The molecule has 1 saturated heterocycles. The first-order valence-electron chi connectivity index (χ1n) is 13.5. The molecule has 0 spiro atoms. The summed E-state index contributed by atoms with van der Waals surface area (Å²) in [6.45, 7) is 1.81. The SMILES string of the molecule is COC1CCN(c2nc3nc(C4=CC(c5cnn(C6CC6)c5)OCC4)nc(-c4ccc(C(F)(F)F)cc4F)c3s2)C1.